The van der Waals surface area contributed by atoms with Gasteiger partial charge in [-0.1, -0.05) is 11.6 Å². The minimum absolute atomic E-state index is 0.0365. The molecule has 0 aliphatic heterocycles. The van der Waals surface area contributed by atoms with E-state index in [1.807, 2.05) is 4.98 Å². The summed E-state index contributed by atoms with van der Waals surface area (Å²) in [6.45, 7) is 0. The molecule has 0 spiro atoms. The van der Waals surface area contributed by atoms with Gasteiger partial charge in [0.25, 0.3) is 5.56 Å². The first-order chi connectivity index (χ1) is 7.00. The molecule has 0 atom stereocenters. The summed E-state index contributed by atoms with van der Waals surface area (Å²) in [5.74, 6) is -0.932. The summed E-state index contributed by atoms with van der Waals surface area (Å²) in [6, 6.07) is 0. The number of aromatic amines is 2. The molecule has 1 aromatic rings. The number of carboxylic acids is 1. The van der Waals surface area contributed by atoms with E-state index in [0.717, 1.165) is 0 Å². The molecule has 1 aromatic heterocycles. The molecule has 6 nitrogen and oxygen atoms in total. The van der Waals surface area contributed by atoms with Crippen LogP contribution in [0.25, 0.3) is 0 Å². The lowest BCUT2D eigenvalue weighted by molar-refractivity contribution is -0.137. The Morgan fingerprint density at radius 3 is 2.60 bits per heavy atom. The van der Waals surface area contributed by atoms with Gasteiger partial charge in [-0.15, -0.1) is 0 Å². The van der Waals surface area contributed by atoms with Gasteiger partial charge in [0.1, 0.15) is 5.02 Å². The van der Waals surface area contributed by atoms with Gasteiger partial charge in [-0.25, -0.2) is 4.79 Å². The van der Waals surface area contributed by atoms with Crippen LogP contribution in [0.15, 0.2) is 9.59 Å². The van der Waals surface area contributed by atoms with E-state index in [1.54, 1.807) is 0 Å². The Hall–Kier alpha value is -1.56. The predicted octanol–water partition coefficient (Wildman–Crippen LogP) is 0.124. The molecule has 0 radical (unpaired) electrons. The monoisotopic (exact) mass is 232 g/mol. The second-order valence-corrected chi connectivity index (χ2v) is 3.33. The number of hydrogen-bond donors (Lipinski definition) is 3. The third-order valence-electron chi connectivity index (χ3n) is 1.77. The Labute approximate surface area is 88.9 Å². The van der Waals surface area contributed by atoms with Crippen LogP contribution in [-0.4, -0.2) is 21.0 Å². The molecule has 1 rings (SSSR count). The van der Waals surface area contributed by atoms with Crippen LogP contribution >= 0.6 is 11.6 Å². The fourth-order valence-electron chi connectivity index (χ4n) is 1.11. The first kappa shape index (κ1) is 11.5. The highest BCUT2D eigenvalue weighted by molar-refractivity contribution is 6.30. The maximum atomic E-state index is 11.0. The number of aryl methyl sites for hydroxylation is 1. The minimum atomic E-state index is -0.932. The summed E-state index contributed by atoms with van der Waals surface area (Å²) in [5, 5.41) is 8.30. The zero-order valence-electron chi connectivity index (χ0n) is 7.67. The Morgan fingerprint density at radius 1 is 1.33 bits per heavy atom. The molecular formula is C8H9ClN2O4. The maximum absolute atomic E-state index is 11.0. The maximum Gasteiger partial charge on any atom is 0.325 e. The quantitative estimate of drug-likeness (QED) is 0.686. The molecule has 0 saturated heterocycles. The molecule has 0 bridgehead atoms. The fraction of sp³-hybridized carbons (Fsp3) is 0.375. The number of carbonyl (C=O) groups is 1. The summed E-state index contributed by atoms with van der Waals surface area (Å²) in [4.78, 5) is 36.5. The zero-order chi connectivity index (χ0) is 11.4. The Kier molecular flexibility index (Phi) is 3.68. The van der Waals surface area contributed by atoms with Crippen molar-refractivity contribution in [3.8, 4) is 0 Å². The molecule has 0 aromatic carbocycles. The highest BCUT2D eigenvalue weighted by Crippen LogP contribution is 2.08. The van der Waals surface area contributed by atoms with Crippen LogP contribution in [0.5, 0.6) is 0 Å². The topological polar surface area (TPSA) is 103 Å². The number of aliphatic carboxylic acids is 1. The van der Waals surface area contributed by atoms with Crippen LogP contribution in [0.3, 0.4) is 0 Å². The van der Waals surface area contributed by atoms with Crippen LogP contribution in [0.2, 0.25) is 5.02 Å². The zero-order valence-corrected chi connectivity index (χ0v) is 8.43. The molecule has 0 aliphatic rings. The van der Waals surface area contributed by atoms with Gasteiger partial charge in [-0.3, -0.25) is 14.6 Å². The summed E-state index contributed by atoms with van der Waals surface area (Å²) in [5.41, 5.74) is -1.04. The second kappa shape index (κ2) is 4.79. The molecule has 0 unspecified atom stereocenters. The average molecular weight is 233 g/mol. The standard InChI is InChI=1S/C8H9ClN2O4/c9-6-4(2-1-3-5(12)13)10-8(15)11-7(6)14/h1-3H2,(H,12,13)(H2,10,11,14,15). The fourth-order valence-corrected chi connectivity index (χ4v) is 1.30. The summed E-state index contributed by atoms with van der Waals surface area (Å²) < 4.78 is 0. The van der Waals surface area contributed by atoms with E-state index in [2.05, 4.69) is 4.98 Å². The van der Waals surface area contributed by atoms with Crippen molar-refractivity contribution in [3.63, 3.8) is 0 Å². The molecule has 0 aliphatic carbocycles. The molecule has 1 heterocycles. The summed E-state index contributed by atoms with van der Waals surface area (Å²) >= 11 is 5.62. The van der Waals surface area contributed by atoms with E-state index in [9.17, 15) is 14.4 Å². The SMILES string of the molecule is O=C(O)CCCc1[nH]c(=O)[nH]c(=O)c1Cl. The number of H-pyrrole nitrogens is 2. The third-order valence-corrected chi connectivity index (χ3v) is 2.17. The van der Waals surface area contributed by atoms with E-state index in [4.69, 9.17) is 16.7 Å². The number of rotatable bonds is 4. The van der Waals surface area contributed by atoms with E-state index in [-0.39, 0.29) is 23.6 Å². The average Bonchev–Trinajstić information content (AvgIpc) is 2.12. The van der Waals surface area contributed by atoms with Crippen molar-refractivity contribution < 1.29 is 9.90 Å². The Balaban J connectivity index is 2.81. The first-order valence-electron chi connectivity index (χ1n) is 4.23. The van der Waals surface area contributed by atoms with Crippen molar-refractivity contribution >= 4 is 17.6 Å². The Bertz CT molecular complexity index is 476. The number of aromatic nitrogens is 2. The molecule has 15 heavy (non-hydrogen) atoms. The molecule has 0 saturated carbocycles. The third kappa shape index (κ3) is 3.25. The van der Waals surface area contributed by atoms with Gasteiger partial charge in [0.2, 0.25) is 0 Å². The largest absolute Gasteiger partial charge is 0.481 e. The van der Waals surface area contributed by atoms with Crippen LogP contribution in [0.1, 0.15) is 18.5 Å². The van der Waals surface area contributed by atoms with Gasteiger partial charge in [0.05, 0.1) is 0 Å². The lowest BCUT2D eigenvalue weighted by atomic mass is 10.2. The van der Waals surface area contributed by atoms with Crippen LogP contribution in [-0.2, 0) is 11.2 Å². The van der Waals surface area contributed by atoms with Crippen LogP contribution in [0.4, 0.5) is 0 Å². The van der Waals surface area contributed by atoms with Crippen molar-refractivity contribution in [2.24, 2.45) is 0 Å². The van der Waals surface area contributed by atoms with Gasteiger partial charge in [-0.05, 0) is 12.8 Å². The van der Waals surface area contributed by atoms with Crippen molar-refractivity contribution in [3.05, 3.63) is 31.6 Å². The lowest BCUT2D eigenvalue weighted by Crippen LogP contribution is -2.24. The predicted molar refractivity (Wildman–Crippen MR) is 53.3 cm³/mol. The van der Waals surface area contributed by atoms with E-state index in [1.165, 1.54) is 0 Å². The highest BCUT2D eigenvalue weighted by Gasteiger charge is 2.07. The van der Waals surface area contributed by atoms with Gasteiger partial charge in [-0.2, -0.15) is 0 Å². The van der Waals surface area contributed by atoms with E-state index < -0.39 is 17.2 Å². The van der Waals surface area contributed by atoms with Gasteiger partial charge in [0.15, 0.2) is 0 Å². The van der Waals surface area contributed by atoms with Crippen molar-refractivity contribution in [2.75, 3.05) is 0 Å². The lowest BCUT2D eigenvalue weighted by Gasteiger charge is -2.00. The van der Waals surface area contributed by atoms with Gasteiger partial charge < -0.3 is 10.1 Å². The van der Waals surface area contributed by atoms with E-state index in [0.29, 0.717) is 6.42 Å². The van der Waals surface area contributed by atoms with Crippen molar-refractivity contribution in [1.82, 2.24) is 9.97 Å². The molecule has 7 heteroatoms. The molecule has 0 fully saturated rings. The summed E-state index contributed by atoms with van der Waals surface area (Å²) in [7, 11) is 0. The summed E-state index contributed by atoms with van der Waals surface area (Å²) in [6.07, 6.45) is 0.532. The minimum Gasteiger partial charge on any atom is -0.481 e. The number of hydrogen-bond acceptors (Lipinski definition) is 3. The van der Waals surface area contributed by atoms with Crippen LogP contribution in [0, 0.1) is 0 Å². The van der Waals surface area contributed by atoms with Crippen LogP contribution < -0.4 is 11.2 Å². The first-order valence-corrected chi connectivity index (χ1v) is 4.61. The normalized spacial score (nSPS) is 10.2. The van der Waals surface area contributed by atoms with Crippen molar-refractivity contribution in [2.45, 2.75) is 19.3 Å². The number of nitrogens with one attached hydrogen (secondary N) is 2. The molecule has 82 valence electrons. The molecular weight excluding hydrogens is 224 g/mol. The second-order valence-electron chi connectivity index (χ2n) is 2.95. The van der Waals surface area contributed by atoms with Gasteiger partial charge in [0, 0.05) is 12.1 Å². The van der Waals surface area contributed by atoms with E-state index >= 15 is 0 Å². The number of halogens is 1. The van der Waals surface area contributed by atoms with Crippen molar-refractivity contribution in [1.29, 1.82) is 0 Å². The Morgan fingerprint density at radius 2 is 2.00 bits per heavy atom. The molecule has 0 amide bonds. The molecule has 3 N–H and O–H groups in total. The highest BCUT2D eigenvalue weighted by atomic mass is 35.5. The smallest absolute Gasteiger partial charge is 0.325 e. The van der Waals surface area contributed by atoms with Gasteiger partial charge >= 0.3 is 11.7 Å². The number of carboxylic acid groups (broad SMARTS) is 1.